The lowest BCUT2D eigenvalue weighted by atomic mass is 9.78. The molecule has 0 atom stereocenters. The number of ether oxygens (including phenoxy) is 3. The van der Waals surface area contributed by atoms with Crippen molar-refractivity contribution in [1.82, 2.24) is 9.88 Å². The van der Waals surface area contributed by atoms with Crippen molar-refractivity contribution in [2.45, 2.75) is 6.54 Å². The Morgan fingerprint density at radius 2 is 1.69 bits per heavy atom. The second kappa shape index (κ2) is 7.92. The Morgan fingerprint density at radius 1 is 0.906 bits per heavy atom. The molecule has 3 aromatic rings. The Bertz CT molecular complexity index is 1190. The molecular weight excluding hydrogens is 447 g/mol. The number of fused-ring (bicyclic) bond motifs is 1. The first-order valence-corrected chi connectivity index (χ1v) is 11.5. The number of hydrogen-bond donors (Lipinski definition) is 0. The lowest BCUT2D eigenvalue weighted by Gasteiger charge is -2.55. The zero-order valence-corrected chi connectivity index (χ0v) is 19.0. The van der Waals surface area contributed by atoms with E-state index in [9.17, 15) is 0 Å². The molecule has 0 N–H and O–H groups in total. The second-order valence-electron chi connectivity index (χ2n) is 8.81. The van der Waals surface area contributed by atoms with Gasteiger partial charge >= 0.3 is 0 Å². The summed E-state index contributed by atoms with van der Waals surface area (Å²) in [6.45, 7) is 5.81. The second-order valence-corrected chi connectivity index (χ2v) is 9.55. The van der Waals surface area contributed by atoms with Gasteiger partial charge in [0, 0.05) is 41.7 Å². The number of nitrogens with zero attached hydrogens (tertiary/aromatic N) is 2. The van der Waals surface area contributed by atoms with E-state index in [0.717, 1.165) is 72.3 Å². The van der Waals surface area contributed by atoms with Crippen LogP contribution in [0.25, 0.3) is 22.4 Å². The smallest absolute Gasteiger partial charge is 0.161 e. The minimum Gasteiger partial charge on any atom is -0.486 e. The molecule has 3 aliphatic rings. The van der Waals surface area contributed by atoms with Gasteiger partial charge in [0.25, 0.3) is 0 Å². The van der Waals surface area contributed by atoms with Crippen molar-refractivity contribution >= 4 is 23.2 Å². The summed E-state index contributed by atoms with van der Waals surface area (Å²) in [5.74, 6) is 1.50. The van der Waals surface area contributed by atoms with Crippen LogP contribution in [0.5, 0.6) is 11.5 Å². The number of hydrogen-bond acceptors (Lipinski definition) is 5. The molecule has 0 bridgehead atoms. The van der Waals surface area contributed by atoms with E-state index in [1.807, 2.05) is 42.5 Å². The van der Waals surface area contributed by atoms with Crippen LogP contribution in [0.1, 0.15) is 5.56 Å². The zero-order chi connectivity index (χ0) is 21.7. The Kier molecular flexibility index (Phi) is 5.03. The van der Waals surface area contributed by atoms with Crippen molar-refractivity contribution in [1.29, 1.82) is 0 Å². The van der Waals surface area contributed by atoms with E-state index in [1.54, 1.807) is 0 Å². The van der Waals surface area contributed by atoms with Crippen LogP contribution in [-0.4, -0.2) is 49.4 Å². The zero-order valence-electron chi connectivity index (χ0n) is 17.4. The molecule has 7 heteroatoms. The van der Waals surface area contributed by atoms with E-state index in [-0.39, 0.29) is 0 Å². The first-order chi connectivity index (χ1) is 15.6. The fourth-order valence-corrected chi connectivity index (χ4v) is 5.27. The Labute approximate surface area is 196 Å². The molecule has 2 fully saturated rings. The number of likely N-dealkylation sites (tertiary alicyclic amines) is 1. The molecule has 0 radical (unpaired) electrons. The highest BCUT2D eigenvalue weighted by molar-refractivity contribution is 6.36. The van der Waals surface area contributed by atoms with E-state index < -0.39 is 0 Å². The van der Waals surface area contributed by atoms with Gasteiger partial charge in [-0.15, -0.1) is 0 Å². The fourth-order valence-electron chi connectivity index (χ4n) is 4.72. The van der Waals surface area contributed by atoms with Gasteiger partial charge < -0.3 is 14.2 Å². The predicted molar refractivity (Wildman–Crippen MR) is 125 cm³/mol. The molecule has 6 rings (SSSR count). The highest BCUT2D eigenvalue weighted by atomic mass is 35.5. The van der Waals surface area contributed by atoms with Crippen LogP contribution < -0.4 is 9.47 Å². The SMILES string of the molecule is Clc1nc(-c2cccc(-c3ccc4c(c3)OCCO4)c2Cl)ccc1CN1CC2(COC2)C1. The van der Waals surface area contributed by atoms with Gasteiger partial charge in [-0.1, -0.05) is 53.5 Å². The molecule has 32 heavy (non-hydrogen) atoms. The minimum atomic E-state index is 0.391. The number of rotatable bonds is 4. The Morgan fingerprint density at radius 3 is 2.44 bits per heavy atom. The highest BCUT2D eigenvalue weighted by Crippen LogP contribution is 2.41. The average Bonchev–Trinajstić information content (AvgIpc) is 2.75. The normalized spacial score (nSPS) is 18.8. The van der Waals surface area contributed by atoms with Crippen molar-refractivity contribution < 1.29 is 14.2 Å². The molecular formula is C25H22Cl2N2O3. The Hall–Kier alpha value is -2.31. The quantitative estimate of drug-likeness (QED) is 0.484. The van der Waals surface area contributed by atoms with Crippen molar-refractivity contribution in [2.75, 3.05) is 39.5 Å². The van der Waals surface area contributed by atoms with Crippen molar-refractivity contribution in [3.05, 3.63) is 64.3 Å². The maximum Gasteiger partial charge on any atom is 0.161 e. The number of pyridine rings is 1. The molecule has 0 amide bonds. The fraction of sp³-hybridized carbons (Fsp3) is 0.320. The van der Waals surface area contributed by atoms with E-state index in [4.69, 9.17) is 37.4 Å². The van der Waals surface area contributed by atoms with Gasteiger partial charge in [-0.25, -0.2) is 4.98 Å². The molecule has 2 saturated heterocycles. The lowest BCUT2D eigenvalue weighted by Crippen LogP contribution is -2.65. The largest absolute Gasteiger partial charge is 0.486 e. The summed E-state index contributed by atoms with van der Waals surface area (Å²) in [7, 11) is 0. The number of benzene rings is 2. The standard InChI is InChI=1S/C25H22Cl2N2O3/c26-23-18(16-5-7-21-22(10-16)32-9-8-31-21)2-1-3-19(23)20-6-4-17(24(27)28-20)11-29-12-25(13-29)14-30-15-25/h1-7,10H,8-9,11-15H2. The molecule has 0 aliphatic carbocycles. The maximum atomic E-state index is 6.85. The highest BCUT2D eigenvalue weighted by Gasteiger charge is 2.48. The first-order valence-electron chi connectivity index (χ1n) is 10.7. The first kappa shape index (κ1) is 20.3. The third-order valence-electron chi connectivity index (χ3n) is 6.38. The van der Waals surface area contributed by atoms with Crippen LogP contribution in [0.15, 0.2) is 48.5 Å². The third kappa shape index (κ3) is 3.54. The van der Waals surface area contributed by atoms with Gasteiger partial charge in [0.05, 0.1) is 23.9 Å². The van der Waals surface area contributed by atoms with E-state index in [0.29, 0.717) is 28.8 Å². The van der Waals surface area contributed by atoms with E-state index >= 15 is 0 Å². The summed E-state index contributed by atoms with van der Waals surface area (Å²) >= 11 is 13.4. The molecule has 4 heterocycles. The van der Waals surface area contributed by atoms with Crippen LogP contribution >= 0.6 is 23.2 Å². The van der Waals surface area contributed by atoms with Gasteiger partial charge in [-0.2, -0.15) is 0 Å². The summed E-state index contributed by atoms with van der Waals surface area (Å²) in [6.07, 6.45) is 0. The van der Waals surface area contributed by atoms with Crippen molar-refractivity contribution in [2.24, 2.45) is 5.41 Å². The summed E-state index contributed by atoms with van der Waals surface area (Å²) in [5, 5.41) is 1.16. The van der Waals surface area contributed by atoms with Crippen LogP contribution in [0.4, 0.5) is 0 Å². The molecule has 0 unspecified atom stereocenters. The monoisotopic (exact) mass is 468 g/mol. The summed E-state index contributed by atoms with van der Waals surface area (Å²) in [4.78, 5) is 7.07. The number of halogens is 2. The summed E-state index contributed by atoms with van der Waals surface area (Å²) in [5.41, 5.74) is 4.91. The van der Waals surface area contributed by atoms with E-state index in [1.165, 1.54) is 0 Å². The summed E-state index contributed by atoms with van der Waals surface area (Å²) < 4.78 is 16.7. The maximum absolute atomic E-state index is 6.85. The van der Waals surface area contributed by atoms with Crippen LogP contribution in [0.2, 0.25) is 10.2 Å². The molecule has 1 spiro atoms. The van der Waals surface area contributed by atoms with Gasteiger partial charge in [-0.3, -0.25) is 4.90 Å². The van der Waals surface area contributed by atoms with Crippen molar-refractivity contribution in [3.8, 4) is 33.9 Å². The number of aromatic nitrogens is 1. The van der Waals surface area contributed by atoms with E-state index in [2.05, 4.69) is 16.0 Å². The van der Waals surface area contributed by atoms with Crippen LogP contribution in [0.3, 0.4) is 0 Å². The summed E-state index contributed by atoms with van der Waals surface area (Å²) in [6, 6.07) is 15.9. The van der Waals surface area contributed by atoms with Gasteiger partial charge in [0.1, 0.15) is 18.4 Å². The molecule has 0 saturated carbocycles. The average molecular weight is 469 g/mol. The topological polar surface area (TPSA) is 43.8 Å². The molecule has 1 aromatic heterocycles. The van der Waals surface area contributed by atoms with Gasteiger partial charge in [-0.05, 0) is 23.8 Å². The minimum absolute atomic E-state index is 0.391. The molecule has 164 valence electrons. The Balaban J connectivity index is 1.26. The van der Waals surface area contributed by atoms with Crippen LogP contribution in [-0.2, 0) is 11.3 Å². The third-order valence-corrected chi connectivity index (χ3v) is 7.12. The van der Waals surface area contributed by atoms with Gasteiger partial charge in [0.15, 0.2) is 11.5 Å². The predicted octanol–water partition coefficient (Wildman–Crippen LogP) is 5.33. The molecule has 5 nitrogen and oxygen atoms in total. The lowest BCUT2D eigenvalue weighted by molar-refractivity contribution is -0.191. The molecule has 3 aliphatic heterocycles. The van der Waals surface area contributed by atoms with Crippen molar-refractivity contribution in [3.63, 3.8) is 0 Å². The van der Waals surface area contributed by atoms with Gasteiger partial charge in [0.2, 0.25) is 0 Å². The molecule has 2 aromatic carbocycles. The van der Waals surface area contributed by atoms with Crippen LogP contribution in [0, 0.1) is 5.41 Å².